The molecule has 18 heavy (non-hydrogen) atoms. The average molecular weight is 270 g/mol. The molecular weight excluding hydrogens is 248 g/mol. The van der Waals surface area contributed by atoms with E-state index in [1.54, 1.807) is 0 Å². The van der Waals surface area contributed by atoms with Gasteiger partial charge < -0.3 is 16.2 Å². The molecule has 0 unspecified atom stereocenters. The third-order valence-electron chi connectivity index (χ3n) is 2.46. The molecular formula is C12H22N4OS. The van der Waals surface area contributed by atoms with Crippen LogP contribution in [0.2, 0.25) is 0 Å². The van der Waals surface area contributed by atoms with Gasteiger partial charge >= 0.3 is 0 Å². The van der Waals surface area contributed by atoms with Crippen molar-refractivity contribution >= 4 is 23.4 Å². The number of aromatic nitrogens is 2. The molecule has 0 saturated carbocycles. The van der Waals surface area contributed by atoms with E-state index in [-0.39, 0.29) is 6.61 Å². The maximum Gasteiger partial charge on any atom is 0.134 e. The van der Waals surface area contributed by atoms with Crippen LogP contribution in [-0.2, 0) is 6.42 Å². The number of nitrogen functional groups attached to an aromatic ring is 1. The highest BCUT2D eigenvalue weighted by Crippen LogP contribution is 2.18. The largest absolute Gasteiger partial charge is 0.396 e. The first kappa shape index (κ1) is 15.0. The minimum Gasteiger partial charge on any atom is -0.396 e. The molecule has 5 nitrogen and oxygen atoms in total. The van der Waals surface area contributed by atoms with Crippen LogP contribution in [-0.4, -0.2) is 39.7 Å². The quantitative estimate of drug-likeness (QED) is 0.590. The first-order valence-corrected chi connectivity index (χ1v) is 7.46. The second-order valence-corrected chi connectivity index (χ2v) is 5.18. The SMILES string of the molecule is CCCc1c(N)ncnc1NCCSCCCO. The first-order valence-electron chi connectivity index (χ1n) is 6.31. The van der Waals surface area contributed by atoms with E-state index in [0.717, 1.165) is 48.7 Å². The Balaban J connectivity index is 2.39. The molecule has 0 aliphatic carbocycles. The summed E-state index contributed by atoms with van der Waals surface area (Å²) in [5.74, 6) is 3.41. The molecule has 0 bridgehead atoms. The van der Waals surface area contributed by atoms with Gasteiger partial charge in [0.05, 0.1) is 0 Å². The fourth-order valence-electron chi connectivity index (χ4n) is 1.59. The first-order chi connectivity index (χ1) is 8.79. The number of aliphatic hydroxyl groups excluding tert-OH is 1. The number of nitrogens with zero attached hydrogens (tertiary/aromatic N) is 2. The molecule has 6 heteroatoms. The maximum atomic E-state index is 8.67. The highest BCUT2D eigenvalue weighted by atomic mass is 32.2. The van der Waals surface area contributed by atoms with E-state index in [1.807, 2.05) is 11.8 Å². The van der Waals surface area contributed by atoms with Crippen molar-refractivity contribution in [1.29, 1.82) is 0 Å². The van der Waals surface area contributed by atoms with Crippen LogP contribution in [0, 0.1) is 0 Å². The van der Waals surface area contributed by atoms with Crippen LogP contribution < -0.4 is 11.1 Å². The number of nitrogens with one attached hydrogen (secondary N) is 1. The topological polar surface area (TPSA) is 84.1 Å². The molecule has 0 fully saturated rings. The van der Waals surface area contributed by atoms with Gasteiger partial charge in [-0.15, -0.1) is 0 Å². The van der Waals surface area contributed by atoms with Gasteiger partial charge in [0.1, 0.15) is 18.0 Å². The summed E-state index contributed by atoms with van der Waals surface area (Å²) in [5.41, 5.74) is 6.87. The van der Waals surface area contributed by atoms with Crippen molar-refractivity contribution in [2.24, 2.45) is 0 Å². The van der Waals surface area contributed by atoms with Crippen LogP contribution in [0.15, 0.2) is 6.33 Å². The molecule has 0 atom stereocenters. The summed E-state index contributed by atoms with van der Waals surface area (Å²) in [4.78, 5) is 8.26. The normalized spacial score (nSPS) is 10.6. The molecule has 0 aromatic carbocycles. The smallest absolute Gasteiger partial charge is 0.134 e. The second kappa shape index (κ2) is 8.99. The number of rotatable bonds is 9. The summed E-state index contributed by atoms with van der Waals surface area (Å²) in [5, 5.41) is 12.0. The van der Waals surface area contributed by atoms with Gasteiger partial charge in [0.15, 0.2) is 0 Å². The number of aliphatic hydroxyl groups is 1. The molecule has 4 N–H and O–H groups in total. The van der Waals surface area contributed by atoms with E-state index in [2.05, 4.69) is 22.2 Å². The van der Waals surface area contributed by atoms with Crippen LogP contribution in [0.3, 0.4) is 0 Å². The zero-order chi connectivity index (χ0) is 13.2. The number of hydrogen-bond acceptors (Lipinski definition) is 6. The van der Waals surface area contributed by atoms with E-state index in [1.165, 1.54) is 6.33 Å². The zero-order valence-corrected chi connectivity index (χ0v) is 11.7. The molecule has 1 rings (SSSR count). The van der Waals surface area contributed by atoms with Crippen molar-refractivity contribution in [3.63, 3.8) is 0 Å². The molecule has 0 radical (unpaired) electrons. The van der Waals surface area contributed by atoms with Crippen molar-refractivity contribution in [3.05, 3.63) is 11.9 Å². The van der Waals surface area contributed by atoms with E-state index in [0.29, 0.717) is 5.82 Å². The lowest BCUT2D eigenvalue weighted by atomic mass is 10.1. The van der Waals surface area contributed by atoms with Gasteiger partial charge in [-0.1, -0.05) is 13.3 Å². The number of thioether (sulfide) groups is 1. The molecule has 0 saturated heterocycles. The van der Waals surface area contributed by atoms with Gasteiger partial charge in [-0.25, -0.2) is 9.97 Å². The summed E-state index contributed by atoms with van der Waals surface area (Å²) in [7, 11) is 0. The predicted octanol–water partition coefficient (Wildman–Crippen LogP) is 1.54. The van der Waals surface area contributed by atoms with Crippen molar-refractivity contribution in [2.45, 2.75) is 26.2 Å². The Hall–Kier alpha value is -1.01. The Morgan fingerprint density at radius 1 is 1.39 bits per heavy atom. The molecule has 0 aliphatic heterocycles. The lowest BCUT2D eigenvalue weighted by Crippen LogP contribution is -2.11. The molecule has 1 heterocycles. The van der Waals surface area contributed by atoms with Crippen LogP contribution >= 0.6 is 11.8 Å². The highest BCUT2D eigenvalue weighted by molar-refractivity contribution is 7.99. The molecule has 0 aliphatic rings. The molecule has 0 spiro atoms. The Morgan fingerprint density at radius 2 is 2.22 bits per heavy atom. The maximum absolute atomic E-state index is 8.67. The van der Waals surface area contributed by atoms with Crippen LogP contribution in [0.25, 0.3) is 0 Å². The van der Waals surface area contributed by atoms with E-state index in [4.69, 9.17) is 10.8 Å². The summed E-state index contributed by atoms with van der Waals surface area (Å²) in [6.45, 7) is 3.23. The number of nitrogens with two attached hydrogens (primary N) is 1. The average Bonchev–Trinajstić information content (AvgIpc) is 2.37. The third kappa shape index (κ3) is 5.10. The van der Waals surface area contributed by atoms with Crippen molar-refractivity contribution in [2.75, 3.05) is 35.7 Å². The van der Waals surface area contributed by atoms with Gasteiger partial charge in [0.2, 0.25) is 0 Å². The van der Waals surface area contributed by atoms with E-state index >= 15 is 0 Å². The van der Waals surface area contributed by atoms with Crippen LogP contribution in [0.4, 0.5) is 11.6 Å². The van der Waals surface area contributed by atoms with Gasteiger partial charge in [-0.2, -0.15) is 11.8 Å². The van der Waals surface area contributed by atoms with E-state index < -0.39 is 0 Å². The predicted molar refractivity (Wildman–Crippen MR) is 78.0 cm³/mol. The summed E-state index contributed by atoms with van der Waals surface area (Å²) in [6, 6.07) is 0. The fraction of sp³-hybridized carbons (Fsp3) is 0.667. The van der Waals surface area contributed by atoms with Gasteiger partial charge in [-0.3, -0.25) is 0 Å². The van der Waals surface area contributed by atoms with E-state index in [9.17, 15) is 0 Å². The minimum atomic E-state index is 0.267. The van der Waals surface area contributed by atoms with Gasteiger partial charge in [0.25, 0.3) is 0 Å². The lowest BCUT2D eigenvalue weighted by Gasteiger charge is -2.11. The van der Waals surface area contributed by atoms with Crippen LogP contribution in [0.1, 0.15) is 25.3 Å². The zero-order valence-electron chi connectivity index (χ0n) is 10.9. The summed E-state index contributed by atoms with van der Waals surface area (Å²) >= 11 is 1.82. The summed E-state index contributed by atoms with van der Waals surface area (Å²) < 4.78 is 0. The third-order valence-corrected chi connectivity index (χ3v) is 3.53. The molecule has 0 amide bonds. The highest BCUT2D eigenvalue weighted by Gasteiger charge is 2.07. The second-order valence-electron chi connectivity index (χ2n) is 3.95. The molecule has 1 aromatic rings. The standard InChI is InChI=1S/C12H22N4OS/c1-2-4-10-11(13)15-9-16-12(10)14-5-8-18-7-3-6-17/h9,17H,2-8H2,1H3,(H3,13,14,15,16). The fourth-order valence-corrected chi connectivity index (χ4v) is 2.37. The lowest BCUT2D eigenvalue weighted by molar-refractivity contribution is 0.296. The Kier molecular flexibility index (Phi) is 7.52. The summed E-state index contributed by atoms with van der Waals surface area (Å²) in [6.07, 6.45) is 4.27. The van der Waals surface area contributed by atoms with Crippen molar-refractivity contribution in [3.8, 4) is 0 Å². The Labute approximate surface area is 113 Å². The van der Waals surface area contributed by atoms with Gasteiger partial charge in [-0.05, 0) is 18.6 Å². The van der Waals surface area contributed by atoms with Crippen molar-refractivity contribution < 1.29 is 5.11 Å². The van der Waals surface area contributed by atoms with Gasteiger partial charge in [0, 0.05) is 24.5 Å². The molecule has 1 aromatic heterocycles. The Morgan fingerprint density at radius 3 is 2.94 bits per heavy atom. The number of hydrogen-bond donors (Lipinski definition) is 3. The molecule has 102 valence electrons. The number of anilines is 2. The monoisotopic (exact) mass is 270 g/mol. The van der Waals surface area contributed by atoms with Crippen LogP contribution in [0.5, 0.6) is 0 Å². The minimum absolute atomic E-state index is 0.267. The Bertz CT molecular complexity index is 349. The van der Waals surface area contributed by atoms with Crippen molar-refractivity contribution in [1.82, 2.24) is 9.97 Å².